The number of carbonyl (C=O) groups is 1. The molecule has 0 aliphatic rings. The summed E-state index contributed by atoms with van der Waals surface area (Å²) in [6, 6.07) is 20.8. The van der Waals surface area contributed by atoms with Gasteiger partial charge < -0.3 is 14.9 Å². The third-order valence-electron chi connectivity index (χ3n) is 4.16. The molecule has 0 radical (unpaired) electrons. The number of pyridine rings is 1. The zero-order chi connectivity index (χ0) is 21.2. The van der Waals surface area contributed by atoms with Crippen LogP contribution in [0.15, 0.2) is 82.6 Å². The standard InChI is InChI=1S/C23H22BrN3O3/c1-17(27-30-15-18-8-10-20(24)11-9-18)19-5-4-7-22(13-19)29-16-23(28)26-14-21-6-2-3-12-25-21/h2-13H,14-16H2,1H3,(H,26,28)/b27-17+. The van der Waals surface area contributed by atoms with Crippen LogP contribution in [0.2, 0.25) is 0 Å². The van der Waals surface area contributed by atoms with E-state index in [1.54, 1.807) is 12.3 Å². The van der Waals surface area contributed by atoms with Gasteiger partial charge in [0.25, 0.3) is 5.91 Å². The first-order chi connectivity index (χ1) is 14.6. The van der Waals surface area contributed by atoms with Crippen molar-refractivity contribution in [3.05, 3.63) is 94.2 Å². The van der Waals surface area contributed by atoms with E-state index in [1.165, 1.54) is 0 Å². The first-order valence-electron chi connectivity index (χ1n) is 9.41. The van der Waals surface area contributed by atoms with Crippen LogP contribution in [0.5, 0.6) is 5.75 Å². The number of benzene rings is 2. The monoisotopic (exact) mass is 467 g/mol. The van der Waals surface area contributed by atoms with Gasteiger partial charge in [-0.2, -0.15) is 0 Å². The molecule has 1 heterocycles. The van der Waals surface area contributed by atoms with Gasteiger partial charge in [0, 0.05) is 16.2 Å². The Kier molecular flexibility index (Phi) is 7.97. The number of nitrogens with one attached hydrogen (secondary N) is 1. The van der Waals surface area contributed by atoms with Gasteiger partial charge >= 0.3 is 0 Å². The van der Waals surface area contributed by atoms with E-state index in [9.17, 15) is 4.79 Å². The Morgan fingerprint density at radius 2 is 1.93 bits per heavy atom. The van der Waals surface area contributed by atoms with Crippen LogP contribution in [0.25, 0.3) is 0 Å². The van der Waals surface area contributed by atoms with E-state index >= 15 is 0 Å². The Labute approximate surface area is 184 Å². The van der Waals surface area contributed by atoms with E-state index in [-0.39, 0.29) is 12.5 Å². The molecule has 154 valence electrons. The molecule has 0 spiro atoms. The molecule has 0 fully saturated rings. The van der Waals surface area contributed by atoms with Gasteiger partial charge in [-0.15, -0.1) is 0 Å². The van der Waals surface area contributed by atoms with E-state index in [4.69, 9.17) is 9.57 Å². The Balaban J connectivity index is 1.48. The van der Waals surface area contributed by atoms with Crippen LogP contribution >= 0.6 is 15.9 Å². The van der Waals surface area contributed by atoms with Crippen molar-refractivity contribution in [1.82, 2.24) is 10.3 Å². The van der Waals surface area contributed by atoms with Crippen molar-refractivity contribution in [3.8, 4) is 5.75 Å². The van der Waals surface area contributed by atoms with Gasteiger partial charge in [-0.3, -0.25) is 9.78 Å². The fraction of sp³-hybridized carbons (Fsp3) is 0.174. The van der Waals surface area contributed by atoms with Crippen molar-refractivity contribution >= 4 is 27.5 Å². The number of hydrogen-bond acceptors (Lipinski definition) is 5. The molecule has 0 atom stereocenters. The normalized spacial score (nSPS) is 11.1. The fourth-order valence-electron chi connectivity index (χ4n) is 2.54. The van der Waals surface area contributed by atoms with Crippen LogP contribution < -0.4 is 10.1 Å². The third kappa shape index (κ3) is 7.00. The molecular weight excluding hydrogens is 446 g/mol. The maximum Gasteiger partial charge on any atom is 0.258 e. The lowest BCUT2D eigenvalue weighted by Gasteiger charge is -2.09. The molecule has 0 saturated heterocycles. The van der Waals surface area contributed by atoms with Crippen LogP contribution in [0.3, 0.4) is 0 Å². The van der Waals surface area contributed by atoms with Crippen LogP contribution in [0.4, 0.5) is 0 Å². The third-order valence-corrected chi connectivity index (χ3v) is 4.69. The van der Waals surface area contributed by atoms with Gasteiger partial charge in [-0.25, -0.2) is 0 Å². The Bertz CT molecular complexity index is 992. The summed E-state index contributed by atoms with van der Waals surface area (Å²) in [7, 11) is 0. The summed E-state index contributed by atoms with van der Waals surface area (Å²) in [5, 5.41) is 6.96. The zero-order valence-corrected chi connectivity index (χ0v) is 18.1. The Hall–Kier alpha value is -3.19. The highest BCUT2D eigenvalue weighted by Gasteiger charge is 2.05. The van der Waals surface area contributed by atoms with E-state index in [0.717, 1.165) is 27.0 Å². The Morgan fingerprint density at radius 1 is 1.10 bits per heavy atom. The van der Waals surface area contributed by atoms with Crippen LogP contribution in [0, 0.1) is 0 Å². The SMILES string of the molecule is C/C(=N\OCc1ccc(Br)cc1)c1cccc(OCC(=O)NCc2ccccn2)c1. The number of rotatable bonds is 9. The van der Waals surface area contributed by atoms with Crippen molar-refractivity contribution in [1.29, 1.82) is 0 Å². The average Bonchev–Trinajstić information content (AvgIpc) is 2.78. The summed E-state index contributed by atoms with van der Waals surface area (Å²) in [5.41, 5.74) is 3.40. The molecule has 1 N–H and O–H groups in total. The van der Waals surface area contributed by atoms with Crippen LogP contribution in [-0.2, 0) is 22.8 Å². The van der Waals surface area contributed by atoms with E-state index in [0.29, 0.717) is 18.9 Å². The maximum atomic E-state index is 12.0. The molecule has 2 aromatic carbocycles. The molecule has 0 aliphatic carbocycles. The minimum absolute atomic E-state index is 0.0768. The molecule has 1 aromatic heterocycles. The largest absolute Gasteiger partial charge is 0.484 e. The summed E-state index contributed by atoms with van der Waals surface area (Å²) in [5.74, 6) is 0.372. The zero-order valence-electron chi connectivity index (χ0n) is 16.5. The van der Waals surface area contributed by atoms with Crippen LogP contribution in [0.1, 0.15) is 23.7 Å². The predicted octanol–water partition coefficient (Wildman–Crippen LogP) is 4.48. The fourth-order valence-corrected chi connectivity index (χ4v) is 2.80. The van der Waals surface area contributed by atoms with E-state index in [1.807, 2.05) is 67.6 Å². The number of hydrogen-bond donors (Lipinski definition) is 1. The lowest BCUT2D eigenvalue weighted by molar-refractivity contribution is -0.123. The maximum absolute atomic E-state index is 12.0. The second-order valence-electron chi connectivity index (χ2n) is 6.49. The van der Waals surface area contributed by atoms with Crippen molar-refractivity contribution in [2.24, 2.45) is 5.16 Å². The first kappa shape index (κ1) is 21.5. The van der Waals surface area contributed by atoms with Crippen molar-refractivity contribution in [3.63, 3.8) is 0 Å². The number of aromatic nitrogens is 1. The molecule has 7 heteroatoms. The number of carbonyl (C=O) groups excluding carboxylic acids is 1. The molecule has 30 heavy (non-hydrogen) atoms. The summed E-state index contributed by atoms with van der Waals surface area (Å²) >= 11 is 3.41. The van der Waals surface area contributed by atoms with Crippen LogP contribution in [-0.4, -0.2) is 23.2 Å². The van der Waals surface area contributed by atoms with Gasteiger partial charge in [-0.05, 0) is 48.9 Å². The van der Waals surface area contributed by atoms with E-state index < -0.39 is 0 Å². The number of halogens is 1. The number of nitrogens with zero attached hydrogens (tertiary/aromatic N) is 2. The summed E-state index contributed by atoms with van der Waals surface area (Å²) in [4.78, 5) is 21.6. The van der Waals surface area contributed by atoms with Gasteiger partial charge in [0.1, 0.15) is 12.4 Å². The lowest BCUT2D eigenvalue weighted by atomic mass is 10.1. The van der Waals surface area contributed by atoms with Crippen molar-refractivity contribution in [2.45, 2.75) is 20.1 Å². The van der Waals surface area contributed by atoms with Crippen molar-refractivity contribution in [2.75, 3.05) is 6.61 Å². The smallest absolute Gasteiger partial charge is 0.258 e. The van der Waals surface area contributed by atoms with E-state index in [2.05, 4.69) is 31.4 Å². The second kappa shape index (κ2) is 11.1. The van der Waals surface area contributed by atoms with Gasteiger partial charge in [0.2, 0.25) is 0 Å². The predicted molar refractivity (Wildman–Crippen MR) is 119 cm³/mol. The highest BCUT2D eigenvalue weighted by Crippen LogP contribution is 2.15. The molecule has 0 unspecified atom stereocenters. The molecule has 3 aromatic rings. The molecule has 0 bridgehead atoms. The molecule has 6 nitrogen and oxygen atoms in total. The summed E-state index contributed by atoms with van der Waals surface area (Å²) in [6.07, 6.45) is 1.69. The van der Waals surface area contributed by atoms with Gasteiger partial charge in [0.05, 0.1) is 18.0 Å². The lowest BCUT2D eigenvalue weighted by Crippen LogP contribution is -2.28. The highest BCUT2D eigenvalue weighted by molar-refractivity contribution is 9.10. The first-order valence-corrected chi connectivity index (χ1v) is 10.2. The molecule has 3 rings (SSSR count). The molecule has 0 saturated carbocycles. The van der Waals surface area contributed by atoms with Gasteiger partial charge in [0.15, 0.2) is 6.61 Å². The molecular formula is C23H22BrN3O3. The summed E-state index contributed by atoms with van der Waals surface area (Å²) in [6.45, 7) is 2.54. The number of oxime groups is 1. The highest BCUT2D eigenvalue weighted by atomic mass is 79.9. The van der Waals surface area contributed by atoms with Gasteiger partial charge in [-0.1, -0.05) is 51.4 Å². The number of amides is 1. The minimum atomic E-state index is -0.214. The average molecular weight is 468 g/mol. The quantitative estimate of drug-likeness (QED) is 0.371. The summed E-state index contributed by atoms with van der Waals surface area (Å²) < 4.78 is 6.62. The van der Waals surface area contributed by atoms with Crippen molar-refractivity contribution < 1.29 is 14.4 Å². The minimum Gasteiger partial charge on any atom is -0.484 e. The topological polar surface area (TPSA) is 72.8 Å². The number of ether oxygens (including phenoxy) is 1. The molecule has 1 amide bonds. The molecule has 0 aliphatic heterocycles. The Morgan fingerprint density at radius 3 is 2.70 bits per heavy atom. The second-order valence-corrected chi connectivity index (χ2v) is 7.41.